The van der Waals surface area contributed by atoms with Gasteiger partial charge in [-0.3, -0.25) is 4.98 Å². The van der Waals surface area contributed by atoms with Gasteiger partial charge < -0.3 is 10.2 Å². The first kappa shape index (κ1) is 18.3. The molecule has 0 aliphatic carbocycles. The van der Waals surface area contributed by atoms with Gasteiger partial charge in [-0.1, -0.05) is 19.9 Å². The maximum absolute atomic E-state index is 12.7. The van der Waals surface area contributed by atoms with Crippen molar-refractivity contribution in [3.05, 3.63) is 47.5 Å². The van der Waals surface area contributed by atoms with E-state index < -0.39 is 9.84 Å². The van der Waals surface area contributed by atoms with E-state index in [4.69, 9.17) is 4.98 Å². The van der Waals surface area contributed by atoms with Crippen LogP contribution in [0.3, 0.4) is 0 Å². The van der Waals surface area contributed by atoms with Gasteiger partial charge in [0, 0.05) is 56.3 Å². The van der Waals surface area contributed by atoms with E-state index in [1.807, 2.05) is 12.1 Å². The summed E-state index contributed by atoms with van der Waals surface area (Å²) in [5.74, 6) is 1.02. The molecule has 4 heterocycles. The van der Waals surface area contributed by atoms with Crippen molar-refractivity contribution in [2.24, 2.45) is 5.92 Å². The highest BCUT2D eigenvalue weighted by Crippen LogP contribution is 2.39. The monoisotopic (exact) mass is 387 g/mol. The molecule has 0 spiro atoms. The van der Waals surface area contributed by atoms with Crippen molar-refractivity contribution < 1.29 is 8.42 Å². The summed E-state index contributed by atoms with van der Waals surface area (Å²) in [5.41, 5.74) is 2.68. The molecule has 0 saturated carbocycles. The molecule has 27 heavy (non-hydrogen) atoms. The number of nitrogens with zero attached hydrogens (tertiary/aromatic N) is 4. The number of pyridine rings is 1. The van der Waals surface area contributed by atoms with E-state index in [-0.39, 0.29) is 16.9 Å². The van der Waals surface area contributed by atoms with Gasteiger partial charge in [0.2, 0.25) is 5.95 Å². The van der Waals surface area contributed by atoms with Gasteiger partial charge in [0.1, 0.15) is 0 Å². The summed E-state index contributed by atoms with van der Waals surface area (Å²) in [5, 5.41) is 2.87. The van der Waals surface area contributed by atoms with Crippen LogP contribution in [0.1, 0.15) is 36.6 Å². The van der Waals surface area contributed by atoms with Gasteiger partial charge in [0.15, 0.2) is 9.84 Å². The second-order valence-electron chi connectivity index (χ2n) is 7.88. The number of nitrogens with one attached hydrogen (secondary N) is 1. The molecule has 4 rings (SSSR count). The number of fused-ring (bicyclic) bond motifs is 3. The van der Waals surface area contributed by atoms with Gasteiger partial charge in [-0.15, -0.1) is 0 Å². The van der Waals surface area contributed by atoms with Gasteiger partial charge in [-0.2, -0.15) is 0 Å². The third-order valence-electron chi connectivity index (χ3n) is 5.21. The average Bonchev–Trinajstić information content (AvgIpc) is 3.05. The third-order valence-corrected chi connectivity index (χ3v) is 7.32. The average molecular weight is 388 g/mol. The lowest BCUT2D eigenvalue weighted by Gasteiger charge is -2.26. The SMILES string of the molecule is CC(C)CN1C[C@@H]2c3nc(NCc4cccnc4)ncc3CS(=O)(=O)[C@@H]2C1. The lowest BCUT2D eigenvalue weighted by atomic mass is 10.00. The van der Waals surface area contributed by atoms with Crippen LogP contribution in [0.4, 0.5) is 5.95 Å². The van der Waals surface area contributed by atoms with Crippen LogP contribution < -0.4 is 5.32 Å². The molecule has 1 N–H and O–H groups in total. The van der Waals surface area contributed by atoms with Crippen LogP contribution in [0, 0.1) is 5.92 Å². The predicted molar refractivity (Wildman–Crippen MR) is 104 cm³/mol. The Labute approximate surface area is 160 Å². The van der Waals surface area contributed by atoms with Gasteiger partial charge in [0.05, 0.1) is 16.7 Å². The molecule has 144 valence electrons. The first-order valence-electron chi connectivity index (χ1n) is 9.35. The lowest BCUT2D eigenvalue weighted by Crippen LogP contribution is -2.35. The first-order valence-corrected chi connectivity index (χ1v) is 11.1. The van der Waals surface area contributed by atoms with Crippen molar-refractivity contribution in [3.8, 4) is 0 Å². The summed E-state index contributed by atoms with van der Waals surface area (Å²) in [7, 11) is -3.16. The third kappa shape index (κ3) is 3.82. The fourth-order valence-electron chi connectivity index (χ4n) is 4.09. The molecule has 0 aromatic carbocycles. The van der Waals surface area contributed by atoms with Crippen molar-refractivity contribution >= 4 is 15.8 Å². The van der Waals surface area contributed by atoms with E-state index in [0.29, 0.717) is 25.0 Å². The Bertz CT molecular complexity index is 917. The minimum atomic E-state index is -3.16. The summed E-state index contributed by atoms with van der Waals surface area (Å²) in [6.45, 7) is 7.16. The second-order valence-corrected chi connectivity index (χ2v) is 10.1. The van der Waals surface area contributed by atoms with Crippen molar-refractivity contribution in [1.29, 1.82) is 0 Å². The standard InChI is InChI=1S/C19H25N5O2S/c1-13(2)9-24-10-16-17(11-24)27(25,26)12-15-8-22-19(23-18(15)16)21-7-14-4-3-5-20-6-14/h3-6,8,13,16-17H,7,9-12H2,1-2H3,(H,21,22,23)/t16-,17+/m0/s1. The van der Waals surface area contributed by atoms with Crippen molar-refractivity contribution in [1.82, 2.24) is 19.9 Å². The Morgan fingerprint density at radius 1 is 1.30 bits per heavy atom. The fraction of sp³-hybridized carbons (Fsp3) is 0.526. The molecule has 2 aromatic heterocycles. The molecule has 0 bridgehead atoms. The summed E-state index contributed by atoms with van der Waals surface area (Å²) >= 11 is 0. The van der Waals surface area contributed by atoms with Crippen LogP contribution in [-0.2, 0) is 22.1 Å². The molecule has 7 nitrogen and oxygen atoms in total. The second kappa shape index (κ2) is 7.16. The van der Waals surface area contributed by atoms with Crippen molar-refractivity contribution in [2.45, 2.75) is 37.3 Å². The Morgan fingerprint density at radius 3 is 2.89 bits per heavy atom. The lowest BCUT2D eigenvalue weighted by molar-refractivity contribution is 0.294. The van der Waals surface area contributed by atoms with Gasteiger partial charge >= 0.3 is 0 Å². The van der Waals surface area contributed by atoms with Crippen molar-refractivity contribution in [2.75, 3.05) is 25.0 Å². The van der Waals surface area contributed by atoms with Crippen LogP contribution in [0.2, 0.25) is 0 Å². The van der Waals surface area contributed by atoms with E-state index in [0.717, 1.165) is 29.9 Å². The molecule has 1 saturated heterocycles. The number of likely N-dealkylation sites (tertiary alicyclic amines) is 1. The molecule has 2 aliphatic heterocycles. The smallest absolute Gasteiger partial charge is 0.223 e. The van der Waals surface area contributed by atoms with Crippen LogP contribution in [0.15, 0.2) is 30.7 Å². The quantitative estimate of drug-likeness (QED) is 0.837. The largest absolute Gasteiger partial charge is 0.350 e. The van der Waals surface area contributed by atoms with E-state index in [1.54, 1.807) is 18.6 Å². The number of sulfone groups is 1. The zero-order chi connectivity index (χ0) is 19.0. The van der Waals surface area contributed by atoms with Crippen molar-refractivity contribution in [3.63, 3.8) is 0 Å². The van der Waals surface area contributed by atoms with Gasteiger partial charge in [-0.25, -0.2) is 18.4 Å². The zero-order valence-electron chi connectivity index (χ0n) is 15.7. The summed E-state index contributed by atoms with van der Waals surface area (Å²) in [4.78, 5) is 15.4. The molecule has 2 aliphatic rings. The molecule has 8 heteroatoms. The van der Waals surface area contributed by atoms with Gasteiger partial charge in [-0.05, 0) is 17.5 Å². The van der Waals surface area contributed by atoms with Crippen LogP contribution in [0.5, 0.6) is 0 Å². The Kier molecular flexibility index (Phi) is 4.86. The molecule has 0 amide bonds. The van der Waals surface area contributed by atoms with Crippen LogP contribution >= 0.6 is 0 Å². The highest BCUT2D eigenvalue weighted by molar-refractivity contribution is 7.91. The number of rotatable bonds is 5. The maximum atomic E-state index is 12.7. The molecule has 1 fully saturated rings. The van der Waals surface area contributed by atoms with Crippen LogP contribution in [0.25, 0.3) is 0 Å². The maximum Gasteiger partial charge on any atom is 0.223 e. The topological polar surface area (TPSA) is 88.1 Å². The number of aromatic nitrogens is 3. The number of hydrogen-bond donors (Lipinski definition) is 1. The highest BCUT2D eigenvalue weighted by Gasteiger charge is 2.47. The zero-order valence-corrected chi connectivity index (χ0v) is 16.5. The summed E-state index contributed by atoms with van der Waals surface area (Å²) in [6.07, 6.45) is 5.21. The normalized spacial score (nSPS) is 23.8. The van der Waals surface area contributed by atoms with Gasteiger partial charge in [0.25, 0.3) is 0 Å². The van der Waals surface area contributed by atoms with E-state index in [9.17, 15) is 8.42 Å². The highest BCUT2D eigenvalue weighted by atomic mass is 32.2. The first-order chi connectivity index (χ1) is 12.9. The summed E-state index contributed by atoms with van der Waals surface area (Å²) in [6, 6.07) is 3.88. The Balaban J connectivity index is 1.58. The Hall–Kier alpha value is -2.06. The minimum Gasteiger partial charge on any atom is -0.350 e. The molecule has 0 unspecified atom stereocenters. The molecular weight excluding hydrogens is 362 g/mol. The predicted octanol–water partition coefficient (Wildman–Crippen LogP) is 1.84. The number of hydrogen-bond acceptors (Lipinski definition) is 7. The minimum absolute atomic E-state index is 0.0436. The molecule has 0 radical (unpaired) electrons. The summed E-state index contributed by atoms with van der Waals surface area (Å²) < 4.78 is 25.5. The van der Waals surface area contributed by atoms with E-state index in [1.165, 1.54) is 0 Å². The number of anilines is 1. The molecule has 2 aromatic rings. The van der Waals surface area contributed by atoms with Crippen LogP contribution in [-0.4, -0.2) is 53.2 Å². The van der Waals surface area contributed by atoms with E-state index >= 15 is 0 Å². The Morgan fingerprint density at radius 2 is 2.15 bits per heavy atom. The molecule has 2 atom stereocenters. The fourth-order valence-corrected chi connectivity index (χ4v) is 6.11. The molecular formula is C19H25N5O2S. The van der Waals surface area contributed by atoms with E-state index in [2.05, 4.69) is 34.0 Å².